The van der Waals surface area contributed by atoms with Gasteiger partial charge in [-0.2, -0.15) is 35.9 Å². The molecule has 2 aromatic rings. The van der Waals surface area contributed by atoms with Crippen molar-refractivity contribution in [2.45, 2.75) is 12.8 Å². The summed E-state index contributed by atoms with van der Waals surface area (Å²) in [5.74, 6) is 0. The van der Waals surface area contributed by atoms with Crippen molar-refractivity contribution in [3.8, 4) is 0 Å². The second kappa shape index (κ2) is 9.72. The molecule has 15 heavy (non-hydrogen) atoms. The second-order valence-electron chi connectivity index (χ2n) is 3.08. The minimum atomic E-state index is 0. The van der Waals surface area contributed by atoms with E-state index in [2.05, 4.69) is 12.1 Å². The fraction of sp³-hybridized carbons (Fsp3) is 0.231. The van der Waals surface area contributed by atoms with Crippen molar-refractivity contribution in [3.05, 3.63) is 60.2 Å². The van der Waals surface area contributed by atoms with Crippen LogP contribution in [0.5, 0.6) is 0 Å². The van der Waals surface area contributed by atoms with Crippen molar-refractivity contribution in [1.29, 1.82) is 0 Å². The third kappa shape index (κ3) is 7.15. The minimum Gasteiger partial charge on any atom is -0.396 e. The second-order valence-corrected chi connectivity index (χ2v) is 3.08. The fourth-order valence-electron chi connectivity index (χ4n) is 1.18. The first kappa shape index (κ1) is 14.2. The van der Waals surface area contributed by atoms with Crippen LogP contribution in [-0.2, 0) is 23.5 Å². The molecule has 0 aliphatic heterocycles. The van der Waals surface area contributed by atoms with E-state index in [1.807, 2.05) is 42.5 Å². The average molecular weight is 244 g/mol. The predicted molar refractivity (Wildman–Crippen MR) is 59.5 cm³/mol. The van der Waals surface area contributed by atoms with Gasteiger partial charge in [-0.25, -0.2) is 24.3 Å². The van der Waals surface area contributed by atoms with Crippen LogP contribution < -0.4 is 0 Å². The monoisotopic (exact) mass is 244 g/mol. The number of aliphatic hydroxyl groups excluding tert-OH is 1. The maximum Gasteiger partial charge on any atom is 0.0424 e. The van der Waals surface area contributed by atoms with Crippen LogP contribution in [0, 0.1) is 0 Å². The topological polar surface area (TPSA) is 20.2 Å². The normalized spacial score (nSPS) is 8.60. The number of rotatable bonds is 3. The fourth-order valence-corrected chi connectivity index (χ4v) is 1.18. The summed E-state index contributed by atoms with van der Waals surface area (Å²) in [6.45, 7) is 0.297. The van der Waals surface area contributed by atoms with Gasteiger partial charge in [0.15, 0.2) is 0 Å². The van der Waals surface area contributed by atoms with Crippen molar-refractivity contribution in [1.82, 2.24) is 0 Å². The Balaban J connectivity index is 0.000000280. The first-order valence-electron chi connectivity index (χ1n) is 4.91. The molecule has 0 unspecified atom stereocenters. The van der Waals surface area contributed by atoms with Gasteiger partial charge in [0.1, 0.15) is 0 Å². The van der Waals surface area contributed by atoms with E-state index in [0.717, 1.165) is 12.8 Å². The van der Waals surface area contributed by atoms with Crippen LogP contribution in [0.15, 0.2) is 54.6 Å². The quantitative estimate of drug-likeness (QED) is 0.650. The van der Waals surface area contributed by atoms with Gasteiger partial charge in [-0.15, -0.1) is 0 Å². The predicted octanol–water partition coefficient (Wildman–Crippen LogP) is 2.73. The van der Waals surface area contributed by atoms with Gasteiger partial charge in [-0.05, 0) is 6.42 Å². The van der Waals surface area contributed by atoms with Gasteiger partial charge in [0.05, 0.1) is 0 Å². The molecule has 0 atom stereocenters. The summed E-state index contributed by atoms with van der Waals surface area (Å²) in [4.78, 5) is 0. The average Bonchev–Trinajstić information content (AvgIpc) is 2.90. The zero-order valence-electron chi connectivity index (χ0n) is 8.62. The molecule has 0 heterocycles. The summed E-state index contributed by atoms with van der Waals surface area (Å²) in [7, 11) is 0. The van der Waals surface area contributed by atoms with Crippen molar-refractivity contribution >= 4 is 0 Å². The molecular weight excluding hydrogens is 228 g/mol. The Morgan fingerprint density at radius 2 is 1.60 bits per heavy atom. The van der Waals surface area contributed by atoms with Crippen LogP contribution in [-0.4, -0.2) is 11.7 Å². The summed E-state index contributed by atoms with van der Waals surface area (Å²) in [6, 6.07) is 18.2. The third-order valence-electron chi connectivity index (χ3n) is 1.91. The molecule has 2 heteroatoms. The molecule has 0 saturated heterocycles. The van der Waals surface area contributed by atoms with E-state index in [0.29, 0.717) is 6.61 Å². The van der Waals surface area contributed by atoms with E-state index in [9.17, 15) is 0 Å². The van der Waals surface area contributed by atoms with E-state index >= 15 is 0 Å². The number of hydrogen-bond acceptors (Lipinski definition) is 1. The molecule has 0 radical (unpaired) electrons. The molecule has 0 aliphatic rings. The molecule has 2 aromatic carbocycles. The molecule has 0 amide bonds. The number of aliphatic hydroxyl groups is 1. The molecule has 2 rings (SSSR count). The van der Waals surface area contributed by atoms with Gasteiger partial charge in [-0.3, -0.25) is 0 Å². The molecule has 84 valence electrons. The first-order chi connectivity index (χ1) is 6.93. The van der Waals surface area contributed by atoms with Crippen LogP contribution in [0.2, 0.25) is 0 Å². The largest absolute Gasteiger partial charge is 0.396 e. The molecule has 1 nitrogen and oxygen atoms in total. The van der Waals surface area contributed by atoms with Crippen LogP contribution in [0.4, 0.5) is 0 Å². The smallest absolute Gasteiger partial charge is 0.0424 e. The van der Waals surface area contributed by atoms with Gasteiger partial charge in [0.25, 0.3) is 0 Å². The maximum atomic E-state index is 8.47. The van der Waals surface area contributed by atoms with Gasteiger partial charge < -0.3 is 5.11 Å². The molecule has 0 fully saturated rings. The van der Waals surface area contributed by atoms with Crippen LogP contribution >= 0.6 is 0 Å². The van der Waals surface area contributed by atoms with E-state index < -0.39 is 0 Å². The van der Waals surface area contributed by atoms with Crippen LogP contribution in [0.3, 0.4) is 0 Å². The van der Waals surface area contributed by atoms with E-state index in [4.69, 9.17) is 5.11 Å². The Labute approximate surface area is 102 Å². The summed E-state index contributed by atoms with van der Waals surface area (Å²) >= 11 is 0. The number of aryl methyl sites for hydroxylation is 1. The Morgan fingerprint density at radius 3 is 2.00 bits per heavy atom. The standard InChI is InChI=1S/C8H11O.C5H5.Fe/c9-7-3-6-8-4-1-2-5-8;1-2-4-5-3-1;/h1-2,4-5,9H,3,6-7H2;1-5H;/q2*-1;. The van der Waals surface area contributed by atoms with Crippen molar-refractivity contribution < 1.29 is 22.2 Å². The summed E-state index contributed by atoms with van der Waals surface area (Å²) < 4.78 is 0. The third-order valence-corrected chi connectivity index (χ3v) is 1.91. The first-order valence-corrected chi connectivity index (χ1v) is 4.91. The minimum absolute atomic E-state index is 0. The van der Waals surface area contributed by atoms with E-state index in [-0.39, 0.29) is 17.1 Å². The molecule has 0 aliphatic carbocycles. The Bertz CT molecular complexity index is 267. The van der Waals surface area contributed by atoms with Crippen LogP contribution in [0.25, 0.3) is 0 Å². The van der Waals surface area contributed by atoms with Gasteiger partial charge in [-0.1, -0.05) is 6.42 Å². The molecule has 0 bridgehead atoms. The molecule has 0 spiro atoms. The number of hydrogen-bond donors (Lipinski definition) is 1. The molecule has 0 aromatic heterocycles. The Morgan fingerprint density at radius 1 is 1.00 bits per heavy atom. The zero-order valence-corrected chi connectivity index (χ0v) is 9.72. The Kier molecular flexibility index (Phi) is 9.19. The summed E-state index contributed by atoms with van der Waals surface area (Å²) in [6.07, 6.45) is 1.88. The van der Waals surface area contributed by atoms with Gasteiger partial charge >= 0.3 is 0 Å². The maximum absolute atomic E-state index is 8.47. The molecular formula is C13H16FeO-2. The Hall–Kier alpha value is -0.821. The molecule has 0 saturated carbocycles. The van der Waals surface area contributed by atoms with Crippen molar-refractivity contribution in [2.24, 2.45) is 0 Å². The zero-order chi connectivity index (χ0) is 10.1. The van der Waals surface area contributed by atoms with E-state index in [1.165, 1.54) is 5.56 Å². The van der Waals surface area contributed by atoms with Gasteiger partial charge in [0.2, 0.25) is 0 Å². The molecule has 1 N–H and O–H groups in total. The van der Waals surface area contributed by atoms with Gasteiger partial charge in [0, 0.05) is 23.7 Å². The summed E-state index contributed by atoms with van der Waals surface area (Å²) in [5.41, 5.74) is 1.32. The van der Waals surface area contributed by atoms with Crippen molar-refractivity contribution in [2.75, 3.05) is 6.61 Å². The summed E-state index contributed by atoms with van der Waals surface area (Å²) in [5, 5.41) is 8.47. The van der Waals surface area contributed by atoms with E-state index in [1.54, 1.807) is 0 Å². The van der Waals surface area contributed by atoms with Crippen molar-refractivity contribution in [3.63, 3.8) is 0 Å². The SMILES string of the molecule is OCCC[c-]1cccc1.[Fe].c1cc[cH-]c1. The van der Waals surface area contributed by atoms with Crippen LogP contribution in [0.1, 0.15) is 12.0 Å².